The highest BCUT2D eigenvalue weighted by Crippen LogP contribution is 2.19. The molecule has 1 aliphatic rings. The minimum Gasteiger partial charge on any atom is -0.312 e. The number of nitrogens with two attached hydrogens (primary N) is 1. The van der Waals surface area contributed by atoms with Crippen LogP contribution >= 0.6 is 0 Å². The molecule has 0 radical (unpaired) electrons. The van der Waals surface area contributed by atoms with Crippen molar-refractivity contribution in [1.29, 1.82) is 0 Å². The molecule has 0 aromatic carbocycles. The highest BCUT2D eigenvalue weighted by Gasteiger charge is 2.10. The van der Waals surface area contributed by atoms with Crippen LogP contribution in [0.3, 0.4) is 0 Å². The second-order valence-corrected chi connectivity index (χ2v) is 3.72. The topological polar surface area (TPSA) is 50.4 Å². The second kappa shape index (κ2) is 5.97. The Bertz CT molecular complexity index is 152. The van der Waals surface area contributed by atoms with Gasteiger partial charge < -0.3 is 5.43 Å². The van der Waals surface area contributed by atoms with Crippen LogP contribution in [-0.2, 0) is 0 Å². The molecular weight excluding hydrogens is 162 g/mol. The molecule has 1 aliphatic carbocycles. The normalized spacial score (nSPS) is 21.2. The van der Waals surface area contributed by atoms with Crippen molar-refractivity contribution in [2.45, 2.75) is 57.9 Å². The van der Waals surface area contributed by atoms with Crippen molar-refractivity contribution in [1.82, 2.24) is 5.43 Å². The van der Waals surface area contributed by atoms with E-state index < -0.39 is 0 Å². The van der Waals surface area contributed by atoms with Crippen LogP contribution in [0.25, 0.3) is 0 Å². The van der Waals surface area contributed by atoms with Gasteiger partial charge >= 0.3 is 0 Å². The number of hydrazine groups is 1. The maximum atomic E-state index is 5.36. The number of amidine groups is 1. The third-order valence-corrected chi connectivity index (χ3v) is 2.66. The summed E-state index contributed by atoms with van der Waals surface area (Å²) in [5.74, 6) is 6.31. The molecule has 1 saturated carbocycles. The van der Waals surface area contributed by atoms with E-state index in [1.54, 1.807) is 0 Å². The third kappa shape index (κ3) is 3.77. The molecule has 1 rings (SSSR count). The Kier molecular flexibility index (Phi) is 4.83. The molecule has 1 fully saturated rings. The largest absolute Gasteiger partial charge is 0.312 e. The molecule has 13 heavy (non-hydrogen) atoms. The van der Waals surface area contributed by atoms with E-state index in [-0.39, 0.29) is 0 Å². The summed E-state index contributed by atoms with van der Waals surface area (Å²) in [5.41, 5.74) is 2.67. The number of nitrogens with one attached hydrogen (secondary N) is 1. The first-order valence-corrected chi connectivity index (χ1v) is 5.40. The second-order valence-electron chi connectivity index (χ2n) is 3.72. The Balaban J connectivity index is 2.43. The lowest BCUT2D eigenvalue weighted by molar-refractivity contribution is 0.581. The van der Waals surface area contributed by atoms with E-state index in [0.717, 1.165) is 12.3 Å². The summed E-state index contributed by atoms with van der Waals surface area (Å²) in [4.78, 5) is 4.61. The fourth-order valence-corrected chi connectivity index (χ4v) is 1.84. The molecule has 3 heteroatoms. The van der Waals surface area contributed by atoms with Crippen LogP contribution in [0.15, 0.2) is 4.99 Å². The minimum atomic E-state index is 0.522. The molecule has 3 nitrogen and oxygen atoms in total. The molecular formula is C10H21N3. The Labute approximate surface area is 80.8 Å². The molecule has 0 unspecified atom stereocenters. The molecule has 0 aliphatic heterocycles. The van der Waals surface area contributed by atoms with Crippen molar-refractivity contribution in [3.05, 3.63) is 0 Å². The maximum absolute atomic E-state index is 5.36. The van der Waals surface area contributed by atoms with Crippen LogP contribution in [-0.4, -0.2) is 11.9 Å². The molecule has 0 aromatic rings. The van der Waals surface area contributed by atoms with Gasteiger partial charge in [-0.25, -0.2) is 5.84 Å². The molecule has 0 amide bonds. The van der Waals surface area contributed by atoms with Gasteiger partial charge in [0.25, 0.3) is 0 Å². The Morgan fingerprint density at radius 1 is 1.31 bits per heavy atom. The zero-order chi connectivity index (χ0) is 9.52. The molecule has 0 saturated heterocycles. The van der Waals surface area contributed by atoms with Gasteiger partial charge in [-0.15, -0.1) is 0 Å². The Morgan fingerprint density at radius 3 is 2.38 bits per heavy atom. The molecule has 0 aromatic heterocycles. The van der Waals surface area contributed by atoms with E-state index in [2.05, 4.69) is 17.3 Å². The molecule has 0 spiro atoms. The fourth-order valence-electron chi connectivity index (χ4n) is 1.84. The van der Waals surface area contributed by atoms with Gasteiger partial charge in [0.15, 0.2) is 0 Å². The predicted molar refractivity (Wildman–Crippen MR) is 56.5 cm³/mol. The van der Waals surface area contributed by atoms with Crippen molar-refractivity contribution in [2.75, 3.05) is 0 Å². The lowest BCUT2D eigenvalue weighted by Crippen LogP contribution is -2.31. The van der Waals surface area contributed by atoms with Crippen molar-refractivity contribution in [3.8, 4) is 0 Å². The average molecular weight is 183 g/mol. The first-order chi connectivity index (χ1) is 6.36. The monoisotopic (exact) mass is 183 g/mol. The highest BCUT2D eigenvalue weighted by atomic mass is 15.2. The zero-order valence-corrected chi connectivity index (χ0v) is 8.55. The van der Waals surface area contributed by atoms with E-state index in [1.807, 2.05) is 0 Å². The van der Waals surface area contributed by atoms with Gasteiger partial charge in [-0.05, 0) is 12.8 Å². The maximum Gasteiger partial charge on any atom is 0.110 e. The SMILES string of the molecule is CCC(=NC1CCCCCC1)NN. The lowest BCUT2D eigenvalue weighted by Gasteiger charge is -2.11. The van der Waals surface area contributed by atoms with Gasteiger partial charge in [0.05, 0.1) is 6.04 Å². The van der Waals surface area contributed by atoms with E-state index >= 15 is 0 Å². The van der Waals surface area contributed by atoms with Crippen molar-refractivity contribution < 1.29 is 0 Å². The quantitative estimate of drug-likeness (QED) is 0.226. The van der Waals surface area contributed by atoms with E-state index in [4.69, 9.17) is 5.84 Å². The first kappa shape index (κ1) is 10.5. The predicted octanol–water partition coefficient (Wildman–Crippen LogP) is 1.98. The van der Waals surface area contributed by atoms with Gasteiger partial charge in [0.2, 0.25) is 0 Å². The van der Waals surface area contributed by atoms with Crippen LogP contribution in [0.5, 0.6) is 0 Å². The number of aliphatic imine (C=N–C) groups is 1. The van der Waals surface area contributed by atoms with Crippen molar-refractivity contribution >= 4 is 5.84 Å². The van der Waals surface area contributed by atoms with Gasteiger partial charge in [0, 0.05) is 6.42 Å². The standard InChI is InChI=1S/C10H21N3/c1-2-10(13-11)12-9-7-5-3-4-6-8-9/h9H,2-8,11H2,1H3,(H,12,13). The summed E-state index contributed by atoms with van der Waals surface area (Å²) in [6.45, 7) is 2.08. The first-order valence-electron chi connectivity index (χ1n) is 5.40. The highest BCUT2D eigenvalue weighted by molar-refractivity contribution is 5.81. The summed E-state index contributed by atoms with van der Waals surface area (Å²) >= 11 is 0. The average Bonchev–Trinajstić information content (AvgIpc) is 2.42. The van der Waals surface area contributed by atoms with Gasteiger partial charge in [-0.3, -0.25) is 4.99 Å². The summed E-state index contributed by atoms with van der Waals surface area (Å²) in [5, 5.41) is 0. The van der Waals surface area contributed by atoms with E-state index in [1.165, 1.54) is 38.5 Å². The number of hydrogen-bond donors (Lipinski definition) is 2. The van der Waals surface area contributed by atoms with Crippen LogP contribution in [0.1, 0.15) is 51.9 Å². The smallest absolute Gasteiger partial charge is 0.110 e. The van der Waals surface area contributed by atoms with Crippen molar-refractivity contribution in [3.63, 3.8) is 0 Å². The molecule has 76 valence electrons. The lowest BCUT2D eigenvalue weighted by atomic mass is 10.1. The molecule has 0 atom stereocenters. The zero-order valence-electron chi connectivity index (χ0n) is 8.55. The van der Waals surface area contributed by atoms with Gasteiger partial charge in [-0.1, -0.05) is 32.6 Å². The van der Waals surface area contributed by atoms with Gasteiger partial charge in [0.1, 0.15) is 5.84 Å². The van der Waals surface area contributed by atoms with Gasteiger partial charge in [-0.2, -0.15) is 0 Å². The summed E-state index contributed by atoms with van der Waals surface area (Å²) in [6, 6.07) is 0.522. The number of hydrogen-bond acceptors (Lipinski definition) is 2. The van der Waals surface area contributed by atoms with Crippen LogP contribution in [0, 0.1) is 0 Å². The van der Waals surface area contributed by atoms with Crippen LogP contribution < -0.4 is 11.3 Å². The summed E-state index contributed by atoms with van der Waals surface area (Å²) in [6.07, 6.45) is 8.81. The number of nitrogens with zero attached hydrogens (tertiary/aromatic N) is 1. The minimum absolute atomic E-state index is 0.522. The number of rotatable bonds is 2. The Hall–Kier alpha value is -0.570. The molecule has 3 N–H and O–H groups in total. The fraction of sp³-hybridized carbons (Fsp3) is 0.900. The van der Waals surface area contributed by atoms with Crippen molar-refractivity contribution in [2.24, 2.45) is 10.8 Å². The molecule has 0 heterocycles. The Morgan fingerprint density at radius 2 is 1.92 bits per heavy atom. The van der Waals surface area contributed by atoms with E-state index in [0.29, 0.717) is 6.04 Å². The third-order valence-electron chi connectivity index (χ3n) is 2.66. The van der Waals surface area contributed by atoms with E-state index in [9.17, 15) is 0 Å². The molecule has 0 bridgehead atoms. The van der Waals surface area contributed by atoms with Crippen LogP contribution in [0.2, 0.25) is 0 Å². The summed E-state index contributed by atoms with van der Waals surface area (Å²) in [7, 11) is 0. The van der Waals surface area contributed by atoms with Crippen LogP contribution in [0.4, 0.5) is 0 Å². The summed E-state index contributed by atoms with van der Waals surface area (Å²) < 4.78 is 0.